The van der Waals surface area contributed by atoms with Crippen LogP contribution in [0, 0.1) is 0 Å². The van der Waals surface area contributed by atoms with Crippen LogP contribution >= 0.6 is 37.2 Å². The summed E-state index contributed by atoms with van der Waals surface area (Å²) >= 11 is 0. The molecule has 0 radical (unpaired) electrons. The van der Waals surface area contributed by atoms with E-state index in [1.54, 1.807) is 0 Å². The van der Waals surface area contributed by atoms with Gasteiger partial charge in [-0.15, -0.1) is 37.2 Å². The van der Waals surface area contributed by atoms with Crippen molar-refractivity contribution in [3.05, 3.63) is 0 Å². The molecule has 6 N–H and O–H groups in total. The van der Waals surface area contributed by atoms with Crippen LogP contribution in [0.5, 0.6) is 0 Å². The van der Waals surface area contributed by atoms with E-state index < -0.39 is 0 Å². The lowest BCUT2D eigenvalue weighted by Gasteiger charge is -2.08. The molecule has 0 saturated heterocycles. The maximum atomic E-state index is 8.50. The second kappa shape index (κ2) is 18.5. The zero-order chi connectivity index (χ0) is 7.82. The number of nitrogens with two attached hydrogens (primary N) is 2. The van der Waals surface area contributed by atoms with E-state index in [9.17, 15) is 0 Å². The van der Waals surface area contributed by atoms with Gasteiger partial charge in [0, 0.05) is 12.6 Å². The molecule has 0 aromatic rings. The lowest BCUT2D eigenvalue weighted by atomic mass is 10.3. The first-order chi connectivity index (χ1) is 4.81. The molecule has 0 spiro atoms. The summed E-state index contributed by atoms with van der Waals surface area (Å²) in [4.78, 5) is 0. The fraction of sp³-hybridized carbons (Fsp3) is 1.00. The summed E-state index contributed by atoms with van der Waals surface area (Å²) in [5.74, 6) is 0. The second-order valence-electron chi connectivity index (χ2n) is 2.29. The number of nitrogens with one attached hydrogen (secondary N) is 1. The number of rotatable bonds is 6. The Balaban J connectivity index is -0.000000135. The van der Waals surface area contributed by atoms with Crippen molar-refractivity contribution in [1.82, 2.24) is 5.32 Å². The smallest absolute Gasteiger partial charge is 0.0594 e. The van der Waals surface area contributed by atoms with Gasteiger partial charge in [-0.05, 0) is 19.5 Å². The van der Waals surface area contributed by atoms with Crippen molar-refractivity contribution in [2.75, 3.05) is 26.2 Å². The highest BCUT2D eigenvalue weighted by atomic mass is 35.5. The van der Waals surface area contributed by atoms with Crippen molar-refractivity contribution in [3.63, 3.8) is 0 Å². The Hall–Kier alpha value is 0.710. The Morgan fingerprint density at radius 1 is 1.23 bits per heavy atom. The van der Waals surface area contributed by atoms with Gasteiger partial charge in [-0.25, -0.2) is 0 Å². The summed E-state index contributed by atoms with van der Waals surface area (Å²) in [6.07, 6.45) is 0.956. The van der Waals surface area contributed by atoms with Crippen LogP contribution in [-0.2, 0) is 0 Å². The van der Waals surface area contributed by atoms with Gasteiger partial charge in [0.05, 0.1) is 6.61 Å². The first kappa shape index (κ1) is 23.5. The Kier molecular flexibility index (Phi) is 33.4. The highest BCUT2D eigenvalue weighted by Gasteiger charge is 1.96. The summed E-state index contributed by atoms with van der Waals surface area (Å²) in [6, 6.07) is -0.141. The van der Waals surface area contributed by atoms with Gasteiger partial charge in [0.15, 0.2) is 0 Å². The molecular weight excluding hydrogens is 236 g/mol. The third-order valence-electron chi connectivity index (χ3n) is 1.20. The van der Waals surface area contributed by atoms with E-state index in [-0.39, 0.29) is 49.9 Å². The predicted octanol–water partition coefficient (Wildman–Crippen LogP) is -0.490. The summed E-state index contributed by atoms with van der Waals surface area (Å²) in [6.45, 7) is 2.28. The van der Waals surface area contributed by atoms with Gasteiger partial charge in [-0.3, -0.25) is 0 Å². The average molecular weight is 257 g/mol. The summed E-state index contributed by atoms with van der Waals surface area (Å²) in [5, 5.41) is 11.6. The summed E-state index contributed by atoms with van der Waals surface area (Å²) in [5.41, 5.74) is 10.7. The molecule has 0 rings (SSSR count). The van der Waals surface area contributed by atoms with E-state index in [4.69, 9.17) is 16.6 Å². The predicted molar refractivity (Wildman–Crippen MR) is 63.3 cm³/mol. The van der Waals surface area contributed by atoms with E-state index in [1.807, 2.05) is 0 Å². The van der Waals surface area contributed by atoms with Crippen molar-refractivity contribution < 1.29 is 5.11 Å². The molecule has 0 aliphatic carbocycles. The van der Waals surface area contributed by atoms with Crippen LogP contribution in [-0.4, -0.2) is 37.4 Å². The zero-order valence-corrected chi connectivity index (χ0v) is 9.89. The van der Waals surface area contributed by atoms with E-state index in [1.165, 1.54) is 0 Å². The fourth-order valence-electron chi connectivity index (χ4n) is 0.579. The Bertz CT molecular complexity index is 80.1. The van der Waals surface area contributed by atoms with Crippen molar-refractivity contribution in [2.45, 2.75) is 12.5 Å². The third-order valence-corrected chi connectivity index (χ3v) is 1.20. The molecule has 0 saturated carbocycles. The van der Waals surface area contributed by atoms with Crippen LogP contribution < -0.4 is 16.8 Å². The topological polar surface area (TPSA) is 84.3 Å². The fourth-order valence-corrected chi connectivity index (χ4v) is 0.579. The molecule has 0 aromatic heterocycles. The maximum Gasteiger partial charge on any atom is 0.0594 e. The highest BCUT2D eigenvalue weighted by molar-refractivity contribution is 5.86. The van der Waals surface area contributed by atoms with Gasteiger partial charge in [-0.2, -0.15) is 0 Å². The van der Waals surface area contributed by atoms with Gasteiger partial charge in [0.25, 0.3) is 0 Å². The molecule has 0 aromatic carbocycles. The molecular formula is C6H20Cl3N3O. The van der Waals surface area contributed by atoms with Crippen LogP contribution in [0.25, 0.3) is 0 Å². The van der Waals surface area contributed by atoms with Crippen LogP contribution in [0.2, 0.25) is 0 Å². The molecule has 0 heterocycles. The number of halogens is 3. The van der Waals surface area contributed by atoms with E-state index in [2.05, 4.69) is 5.32 Å². The molecule has 13 heavy (non-hydrogen) atoms. The molecule has 0 aliphatic heterocycles. The first-order valence-electron chi connectivity index (χ1n) is 3.58. The number of hydrogen-bond donors (Lipinski definition) is 4. The van der Waals surface area contributed by atoms with E-state index in [0.29, 0.717) is 13.1 Å². The van der Waals surface area contributed by atoms with Gasteiger partial charge in [0.1, 0.15) is 0 Å². The maximum absolute atomic E-state index is 8.50. The SMILES string of the molecule is Cl.Cl.Cl.NCCCNCC(N)CO. The minimum Gasteiger partial charge on any atom is -0.395 e. The minimum atomic E-state index is -0.141. The Labute approximate surface area is 98.0 Å². The van der Waals surface area contributed by atoms with Crippen LogP contribution in [0.15, 0.2) is 0 Å². The molecule has 0 fully saturated rings. The first-order valence-corrected chi connectivity index (χ1v) is 3.58. The molecule has 0 aliphatic rings. The van der Waals surface area contributed by atoms with Crippen molar-refractivity contribution >= 4 is 37.2 Å². The summed E-state index contributed by atoms with van der Waals surface area (Å²) in [7, 11) is 0. The minimum absolute atomic E-state index is 0. The number of aliphatic hydroxyl groups is 1. The zero-order valence-electron chi connectivity index (χ0n) is 7.44. The standard InChI is InChI=1S/C6H17N3O.3ClH/c7-2-1-3-9-4-6(8)5-10;;;/h6,9-10H,1-5,7-8H2;3*1H. The summed E-state index contributed by atoms with van der Waals surface area (Å²) < 4.78 is 0. The quantitative estimate of drug-likeness (QED) is 0.483. The highest BCUT2D eigenvalue weighted by Crippen LogP contribution is 1.73. The molecule has 1 unspecified atom stereocenters. The average Bonchev–Trinajstić information content (AvgIpc) is 1.98. The molecule has 4 nitrogen and oxygen atoms in total. The second-order valence-corrected chi connectivity index (χ2v) is 2.29. The molecule has 86 valence electrons. The number of aliphatic hydroxyl groups excluding tert-OH is 1. The lowest BCUT2D eigenvalue weighted by molar-refractivity contribution is 0.262. The molecule has 0 amide bonds. The molecule has 1 atom stereocenters. The lowest BCUT2D eigenvalue weighted by Crippen LogP contribution is -2.37. The van der Waals surface area contributed by atoms with Crippen molar-refractivity contribution in [1.29, 1.82) is 0 Å². The molecule has 7 heteroatoms. The monoisotopic (exact) mass is 255 g/mol. The largest absolute Gasteiger partial charge is 0.395 e. The van der Waals surface area contributed by atoms with Crippen molar-refractivity contribution in [3.8, 4) is 0 Å². The van der Waals surface area contributed by atoms with E-state index in [0.717, 1.165) is 13.0 Å². The number of hydrogen-bond acceptors (Lipinski definition) is 4. The Morgan fingerprint density at radius 2 is 1.77 bits per heavy atom. The van der Waals surface area contributed by atoms with Crippen LogP contribution in [0.1, 0.15) is 6.42 Å². The third kappa shape index (κ3) is 19.2. The molecule has 0 bridgehead atoms. The van der Waals surface area contributed by atoms with E-state index >= 15 is 0 Å². The van der Waals surface area contributed by atoms with Gasteiger partial charge in [0.2, 0.25) is 0 Å². The van der Waals surface area contributed by atoms with Gasteiger partial charge >= 0.3 is 0 Å². The normalized spacial score (nSPS) is 10.4. The van der Waals surface area contributed by atoms with Gasteiger partial charge in [-0.1, -0.05) is 0 Å². The van der Waals surface area contributed by atoms with Gasteiger partial charge < -0.3 is 21.9 Å². The van der Waals surface area contributed by atoms with Crippen molar-refractivity contribution in [2.24, 2.45) is 11.5 Å². The van der Waals surface area contributed by atoms with Crippen LogP contribution in [0.3, 0.4) is 0 Å². The Morgan fingerprint density at radius 3 is 2.15 bits per heavy atom. The van der Waals surface area contributed by atoms with Crippen LogP contribution in [0.4, 0.5) is 0 Å².